The molecule has 8 heteroatoms. The number of nitrogens with zero attached hydrogens (tertiary/aromatic N) is 2. The summed E-state index contributed by atoms with van der Waals surface area (Å²) in [5, 5.41) is 0. The van der Waals surface area contributed by atoms with Crippen LogP contribution in [0.3, 0.4) is 0 Å². The molecule has 35 heavy (non-hydrogen) atoms. The molecular formula is C27H30BrN3O3S. The number of rotatable bonds is 7. The largest absolute Gasteiger partial charge is 0.368 e. The van der Waals surface area contributed by atoms with E-state index in [2.05, 4.69) is 57.6 Å². The van der Waals surface area contributed by atoms with Gasteiger partial charge in [-0.1, -0.05) is 58.4 Å². The first-order chi connectivity index (χ1) is 16.7. The van der Waals surface area contributed by atoms with E-state index in [0.717, 1.165) is 10.0 Å². The smallest absolute Gasteiger partial charge is 0.241 e. The first kappa shape index (κ1) is 25.4. The van der Waals surface area contributed by atoms with Gasteiger partial charge in [-0.2, -0.15) is 4.72 Å². The summed E-state index contributed by atoms with van der Waals surface area (Å²) in [6.45, 7) is 6.70. The highest BCUT2D eigenvalue weighted by Crippen LogP contribution is 2.24. The Hall–Kier alpha value is -2.68. The third kappa shape index (κ3) is 6.12. The SMILES string of the molecule is Cc1cccc(N2CCN(C(=O)[C@@H](Cc3ccccc3)NS(=O)(=O)c3ccc(Br)cc3)CC2)c1C. The van der Waals surface area contributed by atoms with Gasteiger partial charge in [0.2, 0.25) is 15.9 Å². The molecular weight excluding hydrogens is 526 g/mol. The summed E-state index contributed by atoms with van der Waals surface area (Å²) in [6.07, 6.45) is 0.284. The monoisotopic (exact) mass is 555 g/mol. The molecule has 1 atom stereocenters. The van der Waals surface area contributed by atoms with E-state index in [4.69, 9.17) is 0 Å². The predicted molar refractivity (Wildman–Crippen MR) is 143 cm³/mol. The van der Waals surface area contributed by atoms with Crippen LogP contribution < -0.4 is 9.62 Å². The summed E-state index contributed by atoms with van der Waals surface area (Å²) in [4.78, 5) is 17.8. The Labute approximate surface area is 216 Å². The lowest BCUT2D eigenvalue weighted by Gasteiger charge is -2.38. The zero-order chi connectivity index (χ0) is 25.0. The maximum absolute atomic E-state index is 13.6. The van der Waals surface area contributed by atoms with Gasteiger partial charge in [-0.05, 0) is 67.3 Å². The van der Waals surface area contributed by atoms with Crippen LogP contribution in [-0.2, 0) is 21.2 Å². The zero-order valence-electron chi connectivity index (χ0n) is 19.9. The second kappa shape index (κ2) is 10.9. The Bertz CT molecular complexity index is 1270. The predicted octanol–water partition coefficient (Wildman–Crippen LogP) is 4.30. The van der Waals surface area contributed by atoms with Crippen molar-refractivity contribution in [3.8, 4) is 0 Å². The summed E-state index contributed by atoms with van der Waals surface area (Å²) in [5.74, 6) is -0.199. The van der Waals surface area contributed by atoms with Crippen molar-refractivity contribution in [2.45, 2.75) is 31.2 Å². The van der Waals surface area contributed by atoms with Crippen molar-refractivity contribution in [2.75, 3.05) is 31.1 Å². The fraction of sp³-hybridized carbons (Fsp3) is 0.296. The van der Waals surface area contributed by atoms with Gasteiger partial charge in [0.1, 0.15) is 6.04 Å². The number of nitrogens with one attached hydrogen (secondary N) is 1. The third-order valence-corrected chi connectivity index (χ3v) is 8.53. The third-order valence-electron chi connectivity index (χ3n) is 6.51. The minimum atomic E-state index is -3.87. The number of benzene rings is 3. The first-order valence-corrected chi connectivity index (χ1v) is 13.9. The van der Waals surface area contributed by atoms with Crippen LogP contribution in [0.15, 0.2) is 82.2 Å². The summed E-state index contributed by atoms with van der Waals surface area (Å²) < 4.78 is 29.7. The van der Waals surface area contributed by atoms with E-state index in [-0.39, 0.29) is 17.2 Å². The number of hydrogen-bond donors (Lipinski definition) is 1. The quantitative estimate of drug-likeness (QED) is 0.471. The van der Waals surface area contributed by atoms with E-state index >= 15 is 0 Å². The highest BCUT2D eigenvalue weighted by Gasteiger charge is 2.31. The molecule has 6 nitrogen and oxygen atoms in total. The molecule has 1 N–H and O–H groups in total. The Kier molecular flexibility index (Phi) is 7.94. The van der Waals surface area contributed by atoms with Crippen LogP contribution in [0.1, 0.15) is 16.7 Å². The molecule has 1 fully saturated rings. The molecule has 1 heterocycles. The molecule has 0 aliphatic carbocycles. The van der Waals surface area contributed by atoms with Crippen molar-refractivity contribution in [1.82, 2.24) is 9.62 Å². The minimum Gasteiger partial charge on any atom is -0.368 e. The first-order valence-electron chi connectivity index (χ1n) is 11.7. The van der Waals surface area contributed by atoms with Crippen LogP contribution in [0.5, 0.6) is 0 Å². The van der Waals surface area contributed by atoms with Crippen LogP contribution in [0, 0.1) is 13.8 Å². The van der Waals surface area contributed by atoms with Gasteiger partial charge in [-0.15, -0.1) is 0 Å². The lowest BCUT2D eigenvalue weighted by molar-refractivity contribution is -0.133. The molecule has 1 aliphatic heterocycles. The Morgan fingerprint density at radius 1 is 0.914 bits per heavy atom. The van der Waals surface area contributed by atoms with E-state index in [9.17, 15) is 13.2 Å². The van der Waals surface area contributed by atoms with Crippen molar-refractivity contribution >= 4 is 37.5 Å². The fourth-order valence-electron chi connectivity index (χ4n) is 4.36. The van der Waals surface area contributed by atoms with Crippen molar-refractivity contribution in [2.24, 2.45) is 0 Å². The summed E-state index contributed by atoms with van der Waals surface area (Å²) in [6, 6.07) is 21.3. The highest BCUT2D eigenvalue weighted by molar-refractivity contribution is 9.10. The van der Waals surface area contributed by atoms with Crippen LogP contribution in [0.4, 0.5) is 5.69 Å². The number of piperazine rings is 1. The lowest BCUT2D eigenvalue weighted by Crippen LogP contribution is -2.55. The van der Waals surface area contributed by atoms with Crippen molar-refractivity contribution < 1.29 is 13.2 Å². The molecule has 0 aromatic heterocycles. The molecule has 0 unspecified atom stereocenters. The summed E-state index contributed by atoms with van der Waals surface area (Å²) in [7, 11) is -3.87. The van der Waals surface area contributed by atoms with E-state index in [1.165, 1.54) is 28.9 Å². The number of hydrogen-bond acceptors (Lipinski definition) is 4. The number of aryl methyl sites for hydroxylation is 1. The standard InChI is InChI=1S/C27H30BrN3O3S/c1-20-7-6-10-26(21(20)2)30-15-17-31(18-16-30)27(32)25(19-22-8-4-3-5-9-22)29-35(33,34)24-13-11-23(28)12-14-24/h3-14,25,29H,15-19H2,1-2H3/t25-/m1/s1. The van der Waals surface area contributed by atoms with Crippen molar-refractivity contribution in [1.29, 1.82) is 0 Å². The second-order valence-corrected chi connectivity index (χ2v) is 11.5. The van der Waals surface area contributed by atoms with Crippen molar-refractivity contribution in [3.05, 3.63) is 94.0 Å². The molecule has 1 saturated heterocycles. The van der Waals surface area contributed by atoms with Gasteiger partial charge in [-0.3, -0.25) is 4.79 Å². The van der Waals surface area contributed by atoms with Gasteiger partial charge < -0.3 is 9.80 Å². The minimum absolute atomic E-state index is 0.131. The maximum Gasteiger partial charge on any atom is 0.241 e. The fourth-order valence-corrected chi connectivity index (χ4v) is 5.82. The number of anilines is 1. The normalized spacial score (nSPS) is 15.2. The Morgan fingerprint density at radius 3 is 2.23 bits per heavy atom. The van der Waals surface area contributed by atoms with E-state index in [1.807, 2.05) is 30.3 Å². The van der Waals surface area contributed by atoms with Gasteiger partial charge in [0, 0.05) is 36.3 Å². The van der Waals surface area contributed by atoms with Gasteiger partial charge >= 0.3 is 0 Å². The topological polar surface area (TPSA) is 69.7 Å². The summed E-state index contributed by atoms with van der Waals surface area (Å²) in [5.41, 5.74) is 4.58. The molecule has 3 aromatic carbocycles. The van der Waals surface area contributed by atoms with Crippen LogP contribution in [0.2, 0.25) is 0 Å². The van der Waals surface area contributed by atoms with E-state index < -0.39 is 16.1 Å². The van der Waals surface area contributed by atoms with Crippen molar-refractivity contribution in [3.63, 3.8) is 0 Å². The molecule has 0 bridgehead atoms. The average molecular weight is 557 g/mol. The number of halogens is 1. The van der Waals surface area contributed by atoms with Gasteiger partial charge in [0.15, 0.2) is 0 Å². The molecule has 1 amide bonds. The number of amides is 1. The zero-order valence-corrected chi connectivity index (χ0v) is 22.3. The van der Waals surface area contributed by atoms with Gasteiger partial charge in [0.05, 0.1) is 4.90 Å². The molecule has 0 spiro atoms. The van der Waals surface area contributed by atoms with Crippen LogP contribution in [0.25, 0.3) is 0 Å². The molecule has 184 valence electrons. The molecule has 0 radical (unpaired) electrons. The van der Waals surface area contributed by atoms with Crippen LogP contribution in [-0.4, -0.2) is 51.4 Å². The van der Waals surface area contributed by atoms with E-state index in [0.29, 0.717) is 26.2 Å². The molecule has 0 saturated carbocycles. The lowest BCUT2D eigenvalue weighted by atomic mass is 10.0. The van der Waals surface area contributed by atoms with Gasteiger partial charge in [-0.25, -0.2) is 8.42 Å². The van der Waals surface area contributed by atoms with E-state index in [1.54, 1.807) is 17.0 Å². The Balaban J connectivity index is 1.51. The average Bonchev–Trinajstić information content (AvgIpc) is 2.86. The molecule has 3 aromatic rings. The maximum atomic E-state index is 13.6. The van der Waals surface area contributed by atoms with Gasteiger partial charge in [0.25, 0.3) is 0 Å². The number of carbonyl (C=O) groups excluding carboxylic acids is 1. The summed E-state index contributed by atoms with van der Waals surface area (Å²) >= 11 is 3.33. The number of sulfonamides is 1. The second-order valence-electron chi connectivity index (χ2n) is 8.85. The number of carbonyl (C=O) groups is 1. The molecule has 4 rings (SSSR count). The Morgan fingerprint density at radius 2 is 1.57 bits per heavy atom. The molecule has 1 aliphatic rings. The highest BCUT2D eigenvalue weighted by atomic mass is 79.9. The van der Waals surface area contributed by atoms with Crippen LogP contribution >= 0.6 is 15.9 Å².